The fraction of sp³-hybridized carbons (Fsp3) is 0.435. The number of hydrogen-bond acceptors (Lipinski definition) is 3. The van der Waals surface area contributed by atoms with Crippen molar-refractivity contribution in [3.8, 4) is 5.75 Å². The van der Waals surface area contributed by atoms with Crippen molar-refractivity contribution >= 4 is 11.6 Å². The summed E-state index contributed by atoms with van der Waals surface area (Å²) in [6, 6.07) is 9.02. The van der Waals surface area contributed by atoms with Crippen molar-refractivity contribution in [1.82, 2.24) is 0 Å². The Hall–Kier alpha value is -2.33. The minimum atomic E-state index is -0.796. The molecule has 0 aromatic heterocycles. The molecule has 1 atom stereocenters. The van der Waals surface area contributed by atoms with Gasteiger partial charge in [0.15, 0.2) is 0 Å². The molecule has 0 spiro atoms. The zero-order valence-corrected chi connectivity index (χ0v) is 17.3. The normalized spacial score (nSPS) is 12.9. The highest BCUT2D eigenvalue weighted by Gasteiger charge is 2.23. The Morgan fingerprint density at radius 3 is 2.07 bits per heavy atom. The number of phenolic OH excluding ortho intramolecular Hbond substituents is 1. The molecule has 0 bridgehead atoms. The van der Waals surface area contributed by atoms with Gasteiger partial charge in [-0.05, 0) is 71.8 Å². The van der Waals surface area contributed by atoms with E-state index in [1.807, 2.05) is 66.7 Å². The highest BCUT2D eigenvalue weighted by Crippen LogP contribution is 2.34. The van der Waals surface area contributed by atoms with Gasteiger partial charge in [0.05, 0.1) is 0 Å². The summed E-state index contributed by atoms with van der Waals surface area (Å²) < 4.78 is 0. The Balaban J connectivity index is 2.39. The molecule has 146 valence electrons. The molecular formula is C23H31NO3. The predicted molar refractivity (Wildman–Crippen MR) is 110 cm³/mol. The largest absolute Gasteiger partial charge is 0.508 e. The Morgan fingerprint density at radius 1 is 1.04 bits per heavy atom. The van der Waals surface area contributed by atoms with E-state index in [4.69, 9.17) is 0 Å². The van der Waals surface area contributed by atoms with Crippen molar-refractivity contribution in [2.45, 2.75) is 60.5 Å². The summed E-state index contributed by atoms with van der Waals surface area (Å²) in [5.74, 6) is 0.360. The predicted octanol–water partition coefficient (Wildman–Crippen LogP) is 5.20. The Labute approximate surface area is 162 Å². The van der Waals surface area contributed by atoms with E-state index in [1.54, 1.807) is 12.1 Å². The van der Waals surface area contributed by atoms with Crippen molar-refractivity contribution in [1.29, 1.82) is 0 Å². The van der Waals surface area contributed by atoms with Crippen LogP contribution in [0.4, 0.5) is 5.69 Å². The van der Waals surface area contributed by atoms with Crippen LogP contribution in [-0.2, 0) is 4.79 Å². The van der Waals surface area contributed by atoms with Crippen LogP contribution in [0.5, 0.6) is 5.75 Å². The third kappa shape index (κ3) is 4.69. The average Bonchev–Trinajstić information content (AvgIpc) is 2.53. The molecular weight excluding hydrogens is 338 g/mol. The van der Waals surface area contributed by atoms with E-state index in [2.05, 4.69) is 5.32 Å². The highest BCUT2D eigenvalue weighted by molar-refractivity contribution is 5.94. The number of aliphatic hydroxyl groups is 1. The summed E-state index contributed by atoms with van der Waals surface area (Å²) in [4.78, 5) is 12.2. The molecule has 1 unspecified atom stereocenters. The molecule has 2 rings (SSSR count). The number of rotatable bonds is 4. The quantitative estimate of drug-likeness (QED) is 0.694. The lowest BCUT2D eigenvalue weighted by Gasteiger charge is -2.22. The number of anilines is 1. The van der Waals surface area contributed by atoms with Gasteiger partial charge in [-0.25, -0.2) is 0 Å². The van der Waals surface area contributed by atoms with Crippen molar-refractivity contribution < 1.29 is 15.0 Å². The molecule has 4 heteroatoms. The van der Waals surface area contributed by atoms with Crippen LogP contribution in [0, 0.1) is 19.3 Å². The van der Waals surface area contributed by atoms with E-state index in [0.29, 0.717) is 0 Å². The second-order valence-electron chi connectivity index (χ2n) is 8.60. The van der Waals surface area contributed by atoms with Gasteiger partial charge >= 0.3 is 0 Å². The molecule has 3 N–H and O–H groups in total. The van der Waals surface area contributed by atoms with Crippen LogP contribution in [0.25, 0.3) is 0 Å². The maximum Gasteiger partial charge on any atom is 0.229 e. The van der Waals surface area contributed by atoms with Crippen LogP contribution in [0.2, 0.25) is 0 Å². The lowest BCUT2D eigenvalue weighted by Crippen LogP contribution is -2.27. The van der Waals surface area contributed by atoms with E-state index in [-0.39, 0.29) is 17.6 Å². The van der Waals surface area contributed by atoms with Gasteiger partial charge in [-0.3, -0.25) is 4.79 Å². The standard InChI is InChI=1S/C23H31NO3/c1-13(2)18-12-16(8-9-19(18)25)21(26)20-14(3)10-17(11-15(20)4)24-22(27)23(5,6)7/h8-13,21,25-26H,1-7H3,(H,24,27). The van der Waals surface area contributed by atoms with Gasteiger partial charge in [0.25, 0.3) is 0 Å². The summed E-state index contributed by atoms with van der Waals surface area (Å²) in [6.45, 7) is 13.5. The lowest BCUT2D eigenvalue weighted by molar-refractivity contribution is -0.123. The Kier molecular flexibility index (Phi) is 6.01. The number of carbonyl (C=O) groups excluding carboxylic acids is 1. The molecule has 1 amide bonds. The van der Waals surface area contributed by atoms with E-state index < -0.39 is 11.5 Å². The number of carbonyl (C=O) groups is 1. The number of aromatic hydroxyl groups is 1. The number of hydrogen-bond donors (Lipinski definition) is 3. The van der Waals surface area contributed by atoms with Gasteiger partial charge in [-0.2, -0.15) is 0 Å². The van der Waals surface area contributed by atoms with Crippen LogP contribution < -0.4 is 5.32 Å². The molecule has 0 fully saturated rings. The first-order valence-corrected chi connectivity index (χ1v) is 9.35. The molecule has 0 heterocycles. The van der Waals surface area contributed by atoms with Crippen molar-refractivity contribution in [3.05, 3.63) is 58.1 Å². The van der Waals surface area contributed by atoms with Gasteiger partial charge in [0.2, 0.25) is 5.91 Å². The first-order valence-electron chi connectivity index (χ1n) is 9.35. The maximum absolute atomic E-state index is 12.2. The van der Waals surface area contributed by atoms with Crippen molar-refractivity contribution in [2.75, 3.05) is 5.32 Å². The van der Waals surface area contributed by atoms with E-state index in [9.17, 15) is 15.0 Å². The van der Waals surface area contributed by atoms with Gasteiger partial charge in [-0.15, -0.1) is 0 Å². The number of amides is 1. The lowest BCUT2D eigenvalue weighted by atomic mass is 9.90. The smallest absolute Gasteiger partial charge is 0.229 e. The van der Waals surface area contributed by atoms with Crippen LogP contribution in [-0.4, -0.2) is 16.1 Å². The molecule has 2 aromatic carbocycles. The number of aliphatic hydroxyl groups excluding tert-OH is 1. The third-order valence-corrected chi connectivity index (χ3v) is 4.80. The highest BCUT2D eigenvalue weighted by atomic mass is 16.3. The Morgan fingerprint density at radius 2 is 1.59 bits per heavy atom. The summed E-state index contributed by atoms with van der Waals surface area (Å²) >= 11 is 0. The average molecular weight is 370 g/mol. The van der Waals surface area contributed by atoms with Crippen LogP contribution in [0.3, 0.4) is 0 Å². The fourth-order valence-electron chi connectivity index (χ4n) is 3.17. The fourth-order valence-corrected chi connectivity index (χ4v) is 3.17. The molecule has 0 saturated heterocycles. The monoisotopic (exact) mass is 369 g/mol. The topological polar surface area (TPSA) is 69.6 Å². The first kappa shape index (κ1) is 21.0. The molecule has 4 nitrogen and oxygen atoms in total. The van der Waals surface area contributed by atoms with Crippen molar-refractivity contribution in [2.24, 2.45) is 5.41 Å². The van der Waals surface area contributed by atoms with E-state index >= 15 is 0 Å². The van der Waals surface area contributed by atoms with Gasteiger partial charge in [-0.1, -0.05) is 40.7 Å². The van der Waals surface area contributed by atoms with Gasteiger partial charge in [0.1, 0.15) is 11.9 Å². The summed E-state index contributed by atoms with van der Waals surface area (Å²) in [5.41, 5.74) is 4.46. The minimum Gasteiger partial charge on any atom is -0.508 e. The molecule has 0 aliphatic carbocycles. The number of benzene rings is 2. The number of nitrogens with one attached hydrogen (secondary N) is 1. The zero-order valence-electron chi connectivity index (χ0n) is 17.3. The van der Waals surface area contributed by atoms with Crippen molar-refractivity contribution in [3.63, 3.8) is 0 Å². The van der Waals surface area contributed by atoms with Crippen LogP contribution in [0.1, 0.15) is 74.5 Å². The third-order valence-electron chi connectivity index (χ3n) is 4.80. The first-order chi connectivity index (χ1) is 12.4. The van der Waals surface area contributed by atoms with Gasteiger partial charge in [0, 0.05) is 11.1 Å². The van der Waals surface area contributed by atoms with Crippen LogP contribution >= 0.6 is 0 Å². The van der Waals surface area contributed by atoms with E-state index in [1.165, 1.54) is 0 Å². The zero-order chi connectivity index (χ0) is 20.5. The van der Waals surface area contributed by atoms with E-state index in [0.717, 1.165) is 33.5 Å². The van der Waals surface area contributed by atoms with Crippen LogP contribution in [0.15, 0.2) is 30.3 Å². The second kappa shape index (κ2) is 7.73. The molecule has 0 aliphatic rings. The molecule has 27 heavy (non-hydrogen) atoms. The molecule has 0 radical (unpaired) electrons. The molecule has 0 aliphatic heterocycles. The van der Waals surface area contributed by atoms with Gasteiger partial charge < -0.3 is 15.5 Å². The summed E-state index contributed by atoms with van der Waals surface area (Å²) in [6.07, 6.45) is -0.796. The minimum absolute atomic E-state index is 0.0466. The molecule has 0 saturated carbocycles. The molecule has 2 aromatic rings. The number of phenols is 1. The Bertz CT molecular complexity index is 824. The number of aryl methyl sites for hydroxylation is 2. The SMILES string of the molecule is Cc1cc(NC(=O)C(C)(C)C)cc(C)c1C(O)c1ccc(O)c(C(C)C)c1. The summed E-state index contributed by atoms with van der Waals surface area (Å²) in [7, 11) is 0. The summed E-state index contributed by atoms with van der Waals surface area (Å²) in [5, 5.41) is 24.0. The second-order valence-corrected chi connectivity index (χ2v) is 8.60. The maximum atomic E-state index is 12.2.